The van der Waals surface area contributed by atoms with Crippen molar-refractivity contribution >= 4 is 36.6 Å². The first kappa shape index (κ1) is 32.8. The van der Waals surface area contributed by atoms with Crippen LogP contribution in [0, 0.1) is 12.7 Å². The van der Waals surface area contributed by atoms with E-state index in [0.29, 0.717) is 35.9 Å². The van der Waals surface area contributed by atoms with Crippen molar-refractivity contribution in [3.05, 3.63) is 82.6 Å². The maximum absolute atomic E-state index is 15.2. The van der Waals surface area contributed by atoms with Gasteiger partial charge in [-0.25, -0.2) is 9.38 Å². The number of rotatable bonds is 9. The third-order valence-corrected chi connectivity index (χ3v) is 13.0. The maximum atomic E-state index is 15.2. The summed E-state index contributed by atoms with van der Waals surface area (Å²) in [4.78, 5) is 6.71. The Balaban J connectivity index is 1.49. The van der Waals surface area contributed by atoms with Gasteiger partial charge in [-0.2, -0.15) is 0 Å². The normalized spacial score (nSPS) is 17.7. The van der Waals surface area contributed by atoms with Gasteiger partial charge >= 0.3 is 0 Å². The standard InChI is InChI=1S/C34H42ClFNO3PS/c1-23-9-13-27(14-10-23)42-28-15-16-29(31(36)20-28)26-12-11-25(30(35)19-26)17-18-34(21-39-24(2)37-34)22-40-41(38,32(3,4)5)33(6,7)8/h9-16,19-20H,17-18,21-22H2,1-8H3. The first-order chi connectivity index (χ1) is 19.5. The summed E-state index contributed by atoms with van der Waals surface area (Å²) in [7, 11) is -3.07. The molecule has 0 N–H and O–H groups in total. The molecule has 0 amide bonds. The molecule has 3 aromatic rings. The molecule has 42 heavy (non-hydrogen) atoms. The summed E-state index contributed by atoms with van der Waals surface area (Å²) in [5, 5.41) is -0.469. The largest absolute Gasteiger partial charge is 0.479 e. The van der Waals surface area contributed by atoms with Crippen LogP contribution in [0.15, 0.2) is 75.4 Å². The van der Waals surface area contributed by atoms with Crippen molar-refractivity contribution in [1.29, 1.82) is 0 Å². The predicted molar refractivity (Wildman–Crippen MR) is 175 cm³/mol. The van der Waals surface area contributed by atoms with E-state index in [9.17, 15) is 4.57 Å². The van der Waals surface area contributed by atoms with E-state index >= 15 is 4.39 Å². The van der Waals surface area contributed by atoms with Gasteiger partial charge in [-0.3, -0.25) is 4.57 Å². The monoisotopic (exact) mass is 629 g/mol. The van der Waals surface area contributed by atoms with E-state index < -0.39 is 23.2 Å². The van der Waals surface area contributed by atoms with Gasteiger partial charge in [-0.1, -0.05) is 101 Å². The van der Waals surface area contributed by atoms with E-state index in [1.807, 2.05) is 91.8 Å². The SMILES string of the molecule is CC1=NC(CCc2ccc(-c3ccc(Sc4ccc(C)cc4)cc3F)cc2Cl)(COP(=O)(C(C)(C)C)C(C)(C)C)CO1. The minimum atomic E-state index is -3.07. The number of aliphatic imine (C=N–C) groups is 1. The number of nitrogens with zero attached hydrogens (tertiary/aromatic N) is 1. The maximum Gasteiger partial charge on any atom is 0.213 e. The molecule has 0 saturated heterocycles. The van der Waals surface area contributed by atoms with Crippen LogP contribution >= 0.6 is 30.7 Å². The van der Waals surface area contributed by atoms with E-state index in [0.717, 1.165) is 20.9 Å². The number of aryl methyl sites for hydroxylation is 2. The molecule has 0 fully saturated rings. The Morgan fingerprint density at radius 2 is 1.62 bits per heavy atom. The van der Waals surface area contributed by atoms with Crippen LogP contribution in [0.1, 0.15) is 66.0 Å². The summed E-state index contributed by atoms with van der Waals surface area (Å²) >= 11 is 8.27. The van der Waals surface area contributed by atoms with Crippen LogP contribution < -0.4 is 0 Å². The predicted octanol–water partition coefficient (Wildman–Crippen LogP) is 10.6. The summed E-state index contributed by atoms with van der Waals surface area (Å²) in [5.74, 6) is 0.308. The Morgan fingerprint density at radius 1 is 0.976 bits per heavy atom. The molecular weight excluding hydrogens is 588 g/mol. The first-order valence-electron chi connectivity index (χ1n) is 14.3. The number of halogens is 2. The molecule has 3 aromatic carbocycles. The zero-order valence-electron chi connectivity index (χ0n) is 25.9. The van der Waals surface area contributed by atoms with Crippen LogP contribution in [0.25, 0.3) is 11.1 Å². The van der Waals surface area contributed by atoms with Gasteiger partial charge in [0.2, 0.25) is 7.37 Å². The van der Waals surface area contributed by atoms with Gasteiger partial charge in [0.1, 0.15) is 18.0 Å². The number of ether oxygens (including phenoxy) is 1. The second-order valence-electron chi connectivity index (χ2n) is 13.2. The Kier molecular flexibility index (Phi) is 9.74. The second kappa shape index (κ2) is 12.5. The van der Waals surface area contributed by atoms with Crippen LogP contribution in [0.3, 0.4) is 0 Å². The zero-order chi connectivity index (χ0) is 30.9. The Hall–Kier alpha value is -2.11. The lowest BCUT2D eigenvalue weighted by atomic mass is 9.93. The number of benzene rings is 3. The lowest BCUT2D eigenvalue weighted by Gasteiger charge is -2.41. The highest BCUT2D eigenvalue weighted by Gasteiger charge is 2.49. The smallest absolute Gasteiger partial charge is 0.213 e. The summed E-state index contributed by atoms with van der Waals surface area (Å²) < 4.78 is 41.4. The molecule has 0 bridgehead atoms. The van der Waals surface area contributed by atoms with Gasteiger partial charge in [0.15, 0.2) is 5.90 Å². The highest BCUT2D eigenvalue weighted by molar-refractivity contribution is 7.99. The van der Waals surface area contributed by atoms with Crippen LogP contribution in [-0.2, 0) is 20.2 Å². The molecule has 4 nitrogen and oxygen atoms in total. The average molecular weight is 630 g/mol. The molecule has 0 aromatic heterocycles. The van der Waals surface area contributed by atoms with E-state index in [4.69, 9.17) is 25.9 Å². The number of hydrogen-bond donors (Lipinski definition) is 0. The van der Waals surface area contributed by atoms with Crippen LogP contribution in [0.4, 0.5) is 4.39 Å². The van der Waals surface area contributed by atoms with Crippen LogP contribution in [0.2, 0.25) is 5.02 Å². The van der Waals surface area contributed by atoms with Gasteiger partial charge in [-0.05, 0) is 61.2 Å². The molecule has 0 radical (unpaired) electrons. The molecule has 0 aliphatic carbocycles. The van der Waals surface area contributed by atoms with Crippen LogP contribution in [0.5, 0.6) is 0 Å². The molecule has 0 saturated carbocycles. The summed E-state index contributed by atoms with van der Waals surface area (Å²) in [6, 6.07) is 19.2. The fraction of sp³-hybridized carbons (Fsp3) is 0.441. The van der Waals surface area contributed by atoms with Gasteiger partial charge < -0.3 is 9.26 Å². The quantitative estimate of drug-likeness (QED) is 0.221. The van der Waals surface area contributed by atoms with Crippen molar-refractivity contribution in [3.63, 3.8) is 0 Å². The van der Waals surface area contributed by atoms with E-state index in [1.165, 1.54) is 17.3 Å². The molecule has 0 spiro atoms. The van der Waals surface area contributed by atoms with Gasteiger partial charge in [0.05, 0.1) is 6.61 Å². The average Bonchev–Trinajstić information content (AvgIpc) is 3.27. The third kappa shape index (κ3) is 7.33. The van der Waals surface area contributed by atoms with Gasteiger partial charge in [-0.15, -0.1) is 0 Å². The van der Waals surface area contributed by atoms with Crippen molar-refractivity contribution in [3.8, 4) is 11.1 Å². The molecule has 1 atom stereocenters. The van der Waals surface area contributed by atoms with Crippen molar-refractivity contribution in [2.45, 2.75) is 93.9 Å². The minimum absolute atomic E-state index is 0.198. The third-order valence-electron chi connectivity index (χ3n) is 7.65. The topological polar surface area (TPSA) is 47.9 Å². The van der Waals surface area contributed by atoms with Crippen LogP contribution in [-0.4, -0.2) is 35.0 Å². The van der Waals surface area contributed by atoms with Crippen molar-refractivity contribution in [2.75, 3.05) is 13.2 Å². The molecular formula is C34H42ClFNO3PS. The van der Waals surface area contributed by atoms with Crippen molar-refractivity contribution in [1.82, 2.24) is 0 Å². The molecule has 226 valence electrons. The minimum Gasteiger partial charge on any atom is -0.479 e. The first-order valence-corrected chi connectivity index (χ1v) is 17.1. The fourth-order valence-electron chi connectivity index (χ4n) is 5.34. The molecule has 1 unspecified atom stereocenters. The summed E-state index contributed by atoms with van der Waals surface area (Å²) in [6.45, 7) is 16.2. The lowest BCUT2D eigenvalue weighted by molar-refractivity contribution is 0.158. The van der Waals surface area contributed by atoms with E-state index in [1.54, 1.807) is 12.1 Å². The van der Waals surface area contributed by atoms with Gasteiger partial charge in [0.25, 0.3) is 0 Å². The highest BCUT2D eigenvalue weighted by atomic mass is 35.5. The molecule has 8 heteroatoms. The zero-order valence-corrected chi connectivity index (χ0v) is 28.4. The molecule has 1 aliphatic rings. The summed E-state index contributed by atoms with van der Waals surface area (Å²) in [6.07, 6.45) is 1.23. The molecule has 1 aliphatic heterocycles. The van der Waals surface area contributed by atoms with Crippen molar-refractivity contribution < 1.29 is 18.2 Å². The number of hydrogen-bond acceptors (Lipinski definition) is 5. The Bertz CT molecular complexity index is 1490. The van der Waals surface area contributed by atoms with E-state index in [2.05, 4.69) is 12.1 Å². The fourth-order valence-corrected chi connectivity index (χ4v) is 9.66. The van der Waals surface area contributed by atoms with Crippen molar-refractivity contribution in [2.24, 2.45) is 4.99 Å². The molecule has 4 rings (SSSR count). The Labute approximate surface area is 259 Å². The summed E-state index contributed by atoms with van der Waals surface area (Å²) in [5.41, 5.74) is 2.69. The molecule has 1 heterocycles. The van der Waals surface area contributed by atoms with Gasteiger partial charge in [0, 0.05) is 37.6 Å². The van der Waals surface area contributed by atoms with E-state index in [-0.39, 0.29) is 12.4 Å². The Morgan fingerprint density at radius 3 is 2.17 bits per heavy atom. The highest BCUT2D eigenvalue weighted by Crippen LogP contribution is 2.67. The lowest BCUT2D eigenvalue weighted by Crippen LogP contribution is -2.38. The second-order valence-corrected chi connectivity index (χ2v) is 18.8.